The van der Waals surface area contributed by atoms with Gasteiger partial charge in [0.2, 0.25) is 0 Å². The molecule has 0 unspecified atom stereocenters. The molecule has 1 aromatic carbocycles. The number of fused-ring (bicyclic) bond motifs is 1. The van der Waals surface area contributed by atoms with Gasteiger partial charge in [-0.1, -0.05) is 12.1 Å². The van der Waals surface area contributed by atoms with Crippen LogP contribution in [0.5, 0.6) is 0 Å². The number of aromatic nitrogens is 2. The maximum absolute atomic E-state index is 13.1. The van der Waals surface area contributed by atoms with Gasteiger partial charge in [-0.3, -0.25) is 0 Å². The van der Waals surface area contributed by atoms with Crippen molar-refractivity contribution in [2.45, 2.75) is 32.1 Å². The third-order valence-electron chi connectivity index (χ3n) is 3.72. The zero-order valence-corrected chi connectivity index (χ0v) is 11.4. The summed E-state index contributed by atoms with van der Waals surface area (Å²) in [4.78, 5) is 8.70. The van der Waals surface area contributed by atoms with Crippen LogP contribution in [-0.2, 0) is 19.3 Å². The number of aryl methyl sites for hydroxylation is 1. The van der Waals surface area contributed by atoms with Gasteiger partial charge in [-0.2, -0.15) is 0 Å². The topological polar surface area (TPSA) is 37.8 Å². The maximum Gasteiger partial charge on any atom is 0.132 e. The lowest BCUT2D eigenvalue weighted by atomic mass is 9.96. The van der Waals surface area contributed by atoms with Crippen LogP contribution in [0.3, 0.4) is 0 Å². The molecule has 1 aromatic heterocycles. The molecule has 0 saturated carbocycles. The predicted octanol–water partition coefficient (Wildman–Crippen LogP) is 3.15. The first-order valence-electron chi connectivity index (χ1n) is 7.14. The van der Waals surface area contributed by atoms with Gasteiger partial charge in [-0.25, -0.2) is 14.4 Å². The number of benzene rings is 1. The minimum atomic E-state index is -0.179. The molecule has 1 heterocycles. The molecule has 0 aliphatic heterocycles. The molecule has 0 atom stereocenters. The third kappa shape index (κ3) is 2.95. The molecule has 0 amide bonds. The van der Waals surface area contributed by atoms with E-state index >= 15 is 0 Å². The lowest BCUT2D eigenvalue weighted by Gasteiger charge is -2.18. The van der Waals surface area contributed by atoms with Crippen LogP contribution >= 0.6 is 0 Å². The van der Waals surface area contributed by atoms with E-state index in [9.17, 15) is 4.39 Å². The molecule has 4 heteroatoms. The van der Waals surface area contributed by atoms with Gasteiger partial charge in [0.1, 0.15) is 18.0 Å². The zero-order valence-electron chi connectivity index (χ0n) is 11.4. The van der Waals surface area contributed by atoms with Crippen LogP contribution in [0.15, 0.2) is 30.6 Å². The summed E-state index contributed by atoms with van der Waals surface area (Å²) in [5.41, 5.74) is 3.44. The zero-order chi connectivity index (χ0) is 13.8. The smallest absolute Gasteiger partial charge is 0.132 e. The Morgan fingerprint density at radius 3 is 2.95 bits per heavy atom. The fraction of sp³-hybridized carbons (Fsp3) is 0.375. The van der Waals surface area contributed by atoms with Gasteiger partial charge in [0.15, 0.2) is 0 Å². The lowest BCUT2D eigenvalue weighted by molar-refractivity contribution is 0.625. The predicted molar refractivity (Wildman–Crippen MR) is 77.3 cm³/mol. The summed E-state index contributed by atoms with van der Waals surface area (Å²) >= 11 is 0. The quantitative estimate of drug-likeness (QED) is 0.928. The highest BCUT2D eigenvalue weighted by Crippen LogP contribution is 2.24. The molecular formula is C16H18FN3. The number of hydrogen-bond donors (Lipinski definition) is 1. The highest BCUT2D eigenvalue weighted by molar-refractivity contribution is 5.47. The van der Waals surface area contributed by atoms with Crippen LogP contribution in [0.25, 0.3) is 0 Å². The van der Waals surface area contributed by atoms with Crippen molar-refractivity contribution < 1.29 is 4.39 Å². The molecule has 2 aromatic rings. The van der Waals surface area contributed by atoms with Gasteiger partial charge in [-0.15, -0.1) is 0 Å². The summed E-state index contributed by atoms with van der Waals surface area (Å²) in [6.07, 6.45) is 6.95. The molecule has 1 aliphatic rings. The Labute approximate surface area is 118 Å². The van der Waals surface area contributed by atoms with Gasteiger partial charge in [0.05, 0.1) is 0 Å². The molecule has 0 bridgehead atoms. The van der Waals surface area contributed by atoms with E-state index in [0.717, 1.165) is 37.2 Å². The number of nitrogens with zero attached hydrogens (tertiary/aromatic N) is 2. The van der Waals surface area contributed by atoms with Crippen LogP contribution in [-0.4, -0.2) is 16.5 Å². The van der Waals surface area contributed by atoms with E-state index in [0.29, 0.717) is 0 Å². The Balaban J connectivity index is 1.64. The molecule has 1 N–H and O–H groups in total. The molecule has 3 nitrogen and oxygen atoms in total. The highest BCUT2D eigenvalue weighted by atomic mass is 19.1. The number of anilines is 1. The molecule has 0 radical (unpaired) electrons. The van der Waals surface area contributed by atoms with Crippen molar-refractivity contribution in [1.29, 1.82) is 0 Å². The lowest BCUT2D eigenvalue weighted by Crippen LogP contribution is -2.13. The third-order valence-corrected chi connectivity index (χ3v) is 3.72. The van der Waals surface area contributed by atoms with Crippen molar-refractivity contribution in [3.63, 3.8) is 0 Å². The van der Waals surface area contributed by atoms with Crippen molar-refractivity contribution in [2.24, 2.45) is 0 Å². The van der Waals surface area contributed by atoms with E-state index in [2.05, 4.69) is 15.3 Å². The normalized spacial score (nSPS) is 13.8. The Bertz CT molecular complexity index is 598. The summed E-state index contributed by atoms with van der Waals surface area (Å²) in [7, 11) is 0. The van der Waals surface area contributed by atoms with Crippen molar-refractivity contribution >= 4 is 5.82 Å². The average molecular weight is 271 g/mol. The molecule has 1 aliphatic carbocycles. The Morgan fingerprint density at radius 2 is 2.05 bits per heavy atom. The molecule has 3 rings (SSSR count). The number of nitrogens with one attached hydrogen (secondary N) is 1. The fourth-order valence-corrected chi connectivity index (χ4v) is 2.69. The minimum absolute atomic E-state index is 0.179. The van der Waals surface area contributed by atoms with E-state index in [1.165, 1.54) is 30.2 Å². The van der Waals surface area contributed by atoms with E-state index < -0.39 is 0 Å². The van der Waals surface area contributed by atoms with Crippen LogP contribution in [0.2, 0.25) is 0 Å². The molecule has 20 heavy (non-hydrogen) atoms. The van der Waals surface area contributed by atoms with Crippen molar-refractivity contribution in [2.75, 3.05) is 11.9 Å². The van der Waals surface area contributed by atoms with Gasteiger partial charge in [0, 0.05) is 17.8 Å². The molecule has 0 fully saturated rings. The van der Waals surface area contributed by atoms with Crippen LogP contribution < -0.4 is 5.32 Å². The molecule has 104 valence electrons. The van der Waals surface area contributed by atoms with Gasteiger partial charge >= 0.3 is 0 Å². The van der Waals surface area contributed by atoms with E-state index in [1.807, 2.05) is 6.07 Å². The number of rotatable bonds is 4. The van der Waals surface area contributed by atoms with E-state index in [-0.39, 0.29) is 5.82 Å². The van der Waals surface area contributed by atoms with Crippen molar-refractivity contribution in [1.82, 2.24) is 9.97 Å². The summed E-state index contributed by atoms with van der Waals surface area (Å²) in [6.45, 7) is 0.757. The Morgan fingerprint density at radius 1 is 1.15 bits per heavy atom. The maximum atomic E-state index is 13.1. The van der Waals surface area contributed by atoms with Crippen LogP contribution in [0, 0.1) is 5.82 Å². The SMILES string of the molecule is Fc1cccc(CCNc2ncnc3c2CCCC3)c1. The van der Waals surface area contributed by atoms with E-state index in [4.69, 9.17) is 0 Å². The summed E-state index contributed by atoms with van der Waals surface area (Å²) in [5.74, 6) is 0.771. The summed E-state index contributed by atoms with van der Waals surface area (Å²) in [5, 5.41) is 3.37. The number of hydrogen-bond acceptors (Lipinski definition) is 3. The first kappa shape index (κ1) is 13.0. The monoisotopic (exact) mass is 271 g/mol. The molecular weight excluding hydrogens is 253 g/mol. The second-order valence-corrected chi connectivity index (χ2v) is 5.16. The summed E-state index contributed by atoms with van der Waals surface area (Å²) < 4.78 is 13.1. The van der Waals surface area contributed by atoms with Gasteiger partial charge in [0.25, 0.3) is 0 Å². The van der Waals surface area contributed by atoms with Crippen LogP contribution in [0.4, 0.5) is 10.2 Å². The van der Waals surface area contributed by atoms with E-state index in [1.54, 1.807) is 18.5 Å². The Hall–Kier alpha value is -1.97. The second kappa shape index (κ2) is 5.99. The van der Waals surface area contributed by atoms with Gasteiger partial charge in [-0.05, 0) is 49.8 Å². The largest absolute Gasteiger partial charge is 0.369 e. The van der Waals surface area contributed by atoms with Crippen LogP contribution in [0.1, 0.15) is 29.7 Å². The highest BCUT2D eigenvalue weighted by Gasteiger charge is 2.14. The second-order valence-electron chi connectivity index (χ2n) is 5.16. The average Bonchev–Trinajstić information content (AvgIpc) is 2.48. The number of halogens is 1. The van der Waals surface area contributed by atoms with Gasteiger partial charge < -0.3 is 5.32 Å². The van der Waals surface area contributed by atoms with Crippen molar-refractivity contribution in [3.8, 4) is 0 Å². The molecule has 0 saturated heterocycles. The Kier molecular flexibility index (Phi) is 3.90. The fourth-order valence-electron chi connectivity index (χ4n) is 2.69. The molecule has 0 spiro atoms. The van der Waals surface area contributed by atoms with Crippen molar-refractivity contribution in [3.05, 3.63) is 53.2 Å². The minimum Gasteiger partial charge on any atom is -0.369 e. The first-order valence-corrected chi connectivity index (χ1v) is 7.14. The summed E-state index contributed by atoms with van der Waals surface area (Å²) in [6, 6.07) is 6.74. The standard InChI is InChI=1S/C16H18FN3/c17-13-5-3-4-12(10-13)8-9-18-16-14-6-1-2-7-15(14)19-11-20-16/h3-5,10-11H,1-2,6-9H2,(H,18,19,20). The first-order chi connectivity index (χ1) is 9.83.